The second-order valence-electron chi connectivity index (χ2n) is 16.7. The highest BCUT2D eigenvalue weighted by atomic mass is 14.6. The topological polar surface area (TPSA) is 0 Å². The SMILES string of the molecule is CC1CC(C)(C)CC(C)C12c1ccccc1-c1ccccc12.CCC1(CC)CC(C)C2(c3ccccc3-c3ccccc32)C(C)C1. The Labute approximate surface area is 280 Å². The Bertz CT molecular complexity index is 1610. The molecule has 0 N–H and O–H groups in total. The molecule has 4 aliphatic rings. The van der Waals surface area contributed by atoms with Crippen molar-refractivity contribution >= 4 is 0 Å². The molecule has 0 aliphatic heterocycles. The van der Waals surface area contributed by atoms with Gasteiger partial charge in [0.2, 0.25) is 0 Å². The highest BCUT2D eigenvalue weighted by molar-refractivity contribution is 5.82. The van der Waals surface area contributed by atoms with Gasteiger partial charge >= 0.3 is 0 Å². The quantitative estimate of drug-likeness (QED) is 0.212. The van der Waals surface area contributed by atoms with Gasteiger partial charge in [0.1, 0.15) is 0 Å². The molecule has 0 radical (unpaired) electrons. The summed E-state index contributed by atoms with van der Waals surface area (Å²) in [6, 6.07) is 36.6. The van der Waals surface area contributed by atoms with Crippen molar-refractivity contribution in [2.45, 2.75) is 105 Å². The molecule has 0 heterocycles. The molecule has 4 aromatic carbocycles. The molecule has 4 atom stereocenters. The molecule has 0 saturated heterocycles. The number of benzene rings is 4. The lowest BCUT2D eigenvalue weighted by molar-refractivity contribution is 0.0373. The number of rotatable bonds is 2. The van der Waals surface area contributed by atoms with Gasteiger partial charge in [0.15, 0.2) is 0 Å². The minimum absolute atomic E-state index is 0.209. The first-order chi connectivity index (χ1) is 22.1. The number of fused-ring (bicyclic) bond motifs is 10. The first kappa shape index (κ1) is 31.5. The Hall–Kier alpha value is -3.12. The van der Waals surface area contributed by atoms with Gasteiger partial charge < -0.3 is 0 Å². The molecule has 0 amide bonds. The molecule has 4 aliphatic carbocycles. The van der Waals surface area contributed by atoms with E-state index >= 15 is 0 Å². The first-order valence-corrected chi connectivity index (χ1v) is 18.4. The summed E-state index contributed by atoms with van der Waals surface area (Å²) in [6.45, 7) is 19.7. The first-order valence-electron chi connectivity index (χ1n) is 18.4. The van der Waals surface area contributed by atoms with Crippen molar-refractivity contribution in [1.29, 1.82) is 0 Å². The summed E-state index contributed by atoms with van der Waals surface area (Å²) in [5.74, 6) is 2.73. The van der Waals surface area contributed by atoms with Crippen LogP contribution in [0.25, 0.3) is 22.3 Å². The Morgan fingerprint density at radius 3 is 0.978 bits per heavy atom. The summed E-state index contributed by atoms with van der Waals surface area (Å²) in [6.07, 6.45) is 7.95. The maximum absolute atomic E-state index is 2.52. The largest absolute Gasteiger partial charge is 0.0649 e. The molecule has 2 saturated carbocycles. The third-order valence-corrected chi connectivity index (χ3v) is 13.9. The van der Waals surface area contributed by atoms with Crippen LogP contribution < -0.4 is 0 Å². The number of hydrogen-bond donors (Lipinski definition) is 0. The van der Waals surface area contributed by atoms with E-state index in [1.165, 1.54) is 60.8 Å². The summed E-state index contributed by atoms with van der Waals surface area (Å²) >= 11 is 0. The lowest BCUT2D eigenvalue weighted by atomic mass is 9.50. The zero-order chi connectivity index (χ0) is 32.5. The lowest BCUT2D eigenvalue weighted by Crippen LogP contribution is -2.48. The normalized spacial score (nSPS) is 26.8. The second-order valence-corrected chi connectivity index (χ2v) is 16.7. The molecule has 2 fully saturated rings. The molecule has 0 nitrogen and oxygen atoms in total. The molecule has 46 heavy (non-hydrogen) atoms. The van der Waals surface area contributed by atoms with Crippen molar-refractivity contribution in [2.75, 3.05) is 0 Å². The van der Waals surface area contributed by atoms with Gasteiger partial charge in [0, 0.05) is 10.8 Å². The zero-order valence-electron chi connectivity index (χ0n) is 29.8. The summed E-state index contributed by atoms with van der Waals surface area (Å²) in [5.41, 5.74) is 13.6. The van der Waals surface area contributed by atoms with Crippen molar-refractivity contribution in [3.8, 4) is 22.3 Å². The van der Waals surface area contributed by atoms with E-state index in [2.05, 4.69) is 152 Å². The fourth-order valence-electron chi connectivity index (χ4n) is 12.3. The molecule has 240 valence electrons. The van der Waals surface area contributed by atoms with Crippen LogP contribution in [0.4, 0.5) is 0 Å². The van der Waals surface area contributed by atoms with Gasteiger partial charge in [-0.05, 0) is 105 Å². The van der Waals surface area contributed by atoms with E-state index in [4.69, 9.17) is 0 Å². The maximum Gasteiger partial charge on any atom is 0.0266 e. The van der Waals surface area contributed by atoms with Crippen molar-refractivity contribution in [3.63, 3.8) is 0 Å². The Balaban J connectivity index is 0.000000147. The second kappa shape index (κ2) is 11.2. The smallest absolute Gasteiger partial charge is 0.0266 e. The zero-order valence-corrected chi connectivity index (χ0v) is 29.8. The van der Waals surface area contributed by atoms with E-state index in [-0.39, 0.29) is 10.8 Å². The van der Waals surface area contributed by atoms with Crippen LogP contribution in [0.15, 0.2) is 97.1 Å². The summed E-state index contributed by atoms with van der Waals surface area (Å²) in [5, 5.41) is 0. The minimum atomic E-state index is 0.209. The van der Waals surface area contributed by atoms with E-state index in [9.17, 15) is 0 Å². The molecule has 4 unspecified atom stereocenters. The van der Waals surface area contributed by atoms with Gasteiger partial charge in [-0.2, -0.15) is 0 Å². The highest BCUT2D eigenvalue weighted by Crippen LogP contribution is 2.65. The van der Waals surface area contributed by atoms with Gasteiger partial charge in [-0.15, -0.1) is 0 Å². The molecule has 0 bridgehead atoms. The molecular formula is C46H56. The molecule has 0 aromatic heterocycles. The van der Waals surface area contributed by atoms with Crippen LogP contribution in [-0.4, -0.2) is 0 Å². The molecule has 2 spiro atoms. The fourth-order valence-corrected chi connectivity index (χ4v) is 12.3. The molecule has 8 rings (SSSR count). The molecule has 0 heteroatoms. The Kier molecular flexibility index (Phi) is 7.70. The monoisotopic (exact) mass is 608 g/mol. The van der Waals surface area contributed by atoms with Crippen molar-refractivity contribution in [2.24, 2.45) is 34.5 Å². The third kappa shape index (κ3) is 4.31. The third-order valence-electron chi connectivity index (χ3n) is 13.9. The Morgan fingerprint density at radius 1 is 0.435 bits per heavy atom. The van der Waals surface area contributed by atoms with Crippen LogP contribution in [0.1, 0.15) is 116 Å². The van der Waals surface area contributed by atoms with E-state index in [0.717, 1.165) is 0 Å². The lowest BCUT2D eigenvalue weighted by Gasteiger charge is -2.54. The summed E-state index contributed by atoms with van der Waals surface area (Å²) < 4.78 is 0. The van der Waals surface area contributed by atoms with Crippen LogP contribution in [0, 0.1) is 34.5 Å². The van der Waals surface area contributed by atoms with Crippen LogP contribution in [0.3, 0.4) is 0 Å². The summed E-state index contributed by atoms with van der Waals surface area (Å²) in [7, 11) is 0. The van der Waals surface area contributed by atoms with Crippen LogP contribution >= 0.6 is 0 Å². The van der Waals surface area contributed by atoms with Crippen LogP contribution in [0.2, 0.25) is 0 Å². The predicted molar refractivity (Wildman–Crippen MR) is 197 cm³/mol. The predicted octanol–water partition coefficient (Wildman–Crippen LogP) is 12.9. The molecular weight excluding hydrogens is 553 g/mol. The van der Waals surface area contributed by atoms with E-state index < -0.39 is 0 Å². The van der Waals surface area contributed by atoms with E-state index in [0.29, 0.717) is 34.5 Å². The average molecular weight is 609 g/mol. The van der Waals surface area contributed by atoms with Crippen LogP contribution in [-0.2, 0) is 10.8 Å². The summed E-state index contributed by atoms with van der Waals surface area (Å²) in [4.78, 5) is 0. The number of hydrogen-bond acceptors (Lipinski definition) is 0. The van der Waals surface area contributed by atoms with Crippen molar-refractivity contribution < 1.29 is 0 Å². The minimum Gasteiger partial charge on any atom is -0.0649 e. The van der Waals surface area contributed by atoms with Crippen molar-refractivity contribution in [3.05, 3.63) is 119 Å². The maximum atomic E-state index is 2.52. The Morgan fingerprint density at radius 2 is 0.696 bits per heavy atom. The van der Waals surface area contributed by atoms with Gasteiger partial charge in [0.25, 0.3) is 0 Å². The van der Waals surface area contributed by atoms with E-state index in [1.807, 2.05) is 0 Å². The van der Waals surface area contributed by atoms with Gasteiger partial charge in [-0.25, -0.2) is 0 Å². The highest BCUT2D eigenvalue weighted by Gasteiger charge is 2.56. The van der Waals surface area contributed by atoms with Crippen LogP contribution in [0.5, 0.6) is 0 Å². The van der Waals surface area contributed by atoms with Crippen molar-refractivity contribution in [1.82, 2.24) is 0 Å². The standard InChI is InChI=1S/C24H30.C22H26/c1-5-23(6-2)15-17(3)24(18(4)16-23)21-13-9-7-11-19(21)20-12-8-10-14-22(20)24;1-15-13-21(3,4)14-16(2)22(15)19-11-7-5-9-17(19)18-10-6-8-12-20(18)22/h7-14,17-18H,5-6,15-16H2,1-4H3;5-12,15-16H,13-14H2,1-4H3. The van der Waals surface area contributed by atoms with Gasteiger partial charge in [-0.1, -0.05) is 165 Å². The van der Waals surface area contributed by atoms with Gasteiger partial charge in [0.05, 0.1) is 0 Å². The fraction of sp³-hybridized carbons (Fsp3) is 0.478. The van der Waals surface area contributed by atoms with Gasteiger partial charge in [-0.3, -0.25) is 0 Å². The van der Waals surface area contributed by atoms with E-state index in [1.54, 1.807) is 22.3 Å². The average Bonchev–Trinajstić information content (AvgIpc) is 3.52. The molecule has 4 aromatic rings.